The average molecular weight is 248 g/mol. The van der Waals surface area contributed by atoms with Gasteiger partial charge in [-0.25, -0.2) is 0 Å². The number of likely N-dealkylation sites (N-methyl/N-ethyl adjacent to an activating group) is 1. The zero-order valence-corrected chi connectivity index (χ0v) is 11.4. The van der Waals surface area contributed by atoms with Crippen LogP contribution in [0.4, 0.5) is 5.69 Å². The second-order valence-corrected chi connectivity index (χ2v) is 5.32. The average Bonchev–Trinajstić information content (AvgIpc) is 2.38. The van der Waals surface area contributed by atoms with Crippen molar-refractivity contribution < 1.29 is 5.11 Å². The van der Waals surface area contributed by atoms with E-state index in [-0.39, 0.29) is 12.1 Å². The van der Waals surface area contributed by atoms with Gasteiger partial charge in [-0.3, -0.25) is 0 Å². The number of hydrogen-bond acceptors (Lipinski definition) is 3. The largest absolute Gasteiger partial charge is 0.391 e. The van der Waals surface area contributed by atoms with Gasteiger partial charge < -0.3 is 15.7 Å². The molecule has 0 saturated heterocycles. The summed E-state index contributed by atoms with van der Waals surface area (Å²) >= 11 is 0. The summed E-state index contributed by atoms with van der Waals surface area (Å²) in [7, 11) is 2.08. The van der Waals surface area contributed by atoms with Crippen LogP contribution in [0.15, 0.2) is 18.2 Å². The van der Waals surface area contributed by atoms with Crippen molar-refractivity contribution in [1.82, 2.24) is 0 Å². The second kappa shape index (κ2) is 5.72. The number of aryl methyl sites for hydroxylation is 1. The molecule has 2 unspecified atom stereocenters. The van der Waals surface area contributed by atoms with Crippen molar-refractivity contribution in [2.45, 2.75) is 51.3 Å². The van der Waals surface area contributed by atoms with Gasteiger partial charge in [0.15, 0.2) is 0 Å². The number of nitrogens with two attached hydrogens (primary N) is 1. The first-order valence-electron chi connectivity index (χ1n) is 6.84. The smallest absolute Gasteiger partial charge is 0.0743 e. The van der Waals surface area contributed by atoms with E-state index in [1.54, 1.807) is 0 Å². The zero-order chi connectivity index (χ0) is 13.1. The molecule has 3 N–H and O–H groups in total. The van der Waals surface area contributed by atoms with E-state index in [1.807, 2.05) is 6.07 Å². The molecule has 2 rings (SSSR count). The van der Waals surface area contributed by atoms with Gasteiger partial charge in [-0.1, -0.05) is 31.0 Å². The predicted octanol–water partition coefficient (Wildman–Crippen LogP) is 2.19. The van der Waals surface area contributed by atoms with Gasteiger partial charge in [-0.2, -0.15) is 0 Å². The molecular weight excluding hydrogens is 224 g/mol. The van der Waals surface area contributed by atoms with Crippen LogP contribution in [0.3, 0.4) is 0 Å². The SMILES string of the molecule is Cc1cccc(CN)c1N(C)C1CCCCC1O. The van der Waals surface area contributed by atoms with Gasteiger partial charge in [0.25, 0.3) is 0 Å². The molecule has 3 nitrogen and oxygen atoms in total. The molecule has 0 aromatic heterocycles. The monoisotopic (exact) mass is 248 g/mol. The number of aliphatic hydroxyl groups is 1. The fourth-order valence-electron chi connectivity index (χ4n) is 3.10. The number of para-hydroxylation sites is 1. The van der Waals surface area contributed by atoms with Crippen molar-refractivity contribution in [3.05, 3.63) is 29.3 Å². The van der Waals surface area contributed by atoms with E-state index < -0.39 is 0 Å². The van der Waals surface area contributed by atoms with Gasteiger partial charge in [0, 0.05) is 19.3 Å². The Morgan fingerprint density at radius 2 is 2.06 bits per heavy atom. The van der Waals surface area contributed by atoms with Crippen molar-refractivity contribution in [2.75, 3.05) is 11.9 Å². The molecule has 1 aliphatic rings. The molecule has 0 spiro atoms. The maximum absolute atomic E-state index is 10.2. The number of nitrogens with zero attached hydrogens (tertiary/aromatic N) is 1. The minimum atomic E-state index is -0.214. The topological polar surface area (TPSA) is 49.5 Å². The molecule has 0 bridgehead atoms. The van der Waals surface area contributed by atoms with Crippen LogP contribution >= 0.6 is 0 Å². The highest BCUT2D eigenvalue weighted by molar-refractivity contribution is 5.59. The third kappa shape index (κ3) is 2.52. The Bertz CT molecular complexity index is 405. The van der Waals surface area contributed by atoms with Gasteiger partial charge in [0.05, 0.1) is 12.1 Å². The highest BCUT2D eigenvalue weighted by Gasteiger charge is 2.28. The van der Waals surface area contributed by atoms with Crippen LogP contribution in [0.5, 0.6) is 0 Å². The molecular formula is C15H24N2O. The molecule has 1 aromatic carbocycles. The first kappa shape index (κ1) is 13.4. The summed E-state index contributed by atoms with van der Waals surface area (Å²) in [4.78, 5) is 2.24. The quantitative estimate of drug-likeness (QED) is 0.862. The molecule has 2 atom stereocenters. The number of benzene rings is 1. The highest BCUT2D eigenvalue weighted by Crippen LogP contribution is 2.31. The lowest BCUT2D eigenvalue weighted by molar-refractivity contribution is 0.106. The molecule has 1 fully saturated rings. The molecule has 0 heterocycles. The second-order valence-electron chi connectivity index (χ2n) is 5.32. The van der Waals surface area contributed by atoms with E-state index in [0.717, 1.165) is 24.8 Å². The molecule has 1 aromatic rings. The fraction of sp³-hybridized carbons (Fsp3) is 0.600. The lowest BCUT2D eigenvalue weighted by Gasteiger charge is -2.38. The predicted molar refractivity (Wildman–Crippen MR) is 75.7 cm³/mol. The zero-order valence-electron chi connectivity index (χ0n) is 11.4. The number of hydrogen-bond donors (Lipinski definition) is 2. The van der Waals surface area contributed by atoms with Crippen LogP contribution in [0.25, 0.3) is 0 Å². The molecule has 0 amide bonds. The summed E-state index contributed by atoms with van der Waals surface area (Å²) in [6.45, 7) is 2.66. The van der Waals surface area contributed by atoms with Crippen LogP contribution in [-0.2, 0) is 6.54 Å². The molecule has 1 aliphatic carbocycles. The number of rotatable bonds is 3. The van der Waals surface area contributed by atoms with Gasteiger partial charge >= 0.3 is 0 Å². The maximum atomic E-state index is 10.2. The third-order valence-electron chi connectivity index (χ3n) is 4.09. The summed E-state index contributed by atoms with van der Waals surface area (Å²) in [5.41, 5.74) is 9.43. The number of anilines is 1. The van der Waals surface area contributed by atoms with Crippen molar-refractivity contribution in [3.63, 3.8) is 0 Å². The van der Waals surface area contributed by atoms with Crippen molar-refractivity contribution in [2.24, 2.45) is 5.73 Å². The highest BCUT2D eigenvalue weighted by atomic mass is 16.3. The first-order chi connectivity index (χ1) is 8.65. The van der Waals surface area contributed by atoms with E-state index in [9.17, 15) is 5.11 Å². The molecule has 18 heavy (non-hydrogen) atoms. The molecule has 0 aliphatic heterocycles. The van der Waals surface area contributed by atoms with Crippen molar-refractivity contribution in [3.8, 4) is 0 Å². The minimum absolute atomic E-state index is 0.214. The van der Waals surface area contributed by atoms with Gasteiger partial charge in [-0.05, 0) is 30.9 Å². The number of aliphatic hydroxyl groups excluding tert-OH is 1. The van der Waals surface area contributed by atoms with Crippen molar-refractivity contribution in [1.29, 1.82) is 0 Å². The molecule has 1 saturated carbocycles. The van der Waals surface area contributed by atoms with Crippen LogP contribution in [0.1, 0.15) is 36.8 Å². The van der Waals surface area contributed by atoms with Crippen LogP contribution in [0.2, 0.25) is 0 Å². The van der Waals surface area contributed by atoms with E-state index in [4.69, 9.17) is 5.73 Å². The first-order valence-corrected chi connectivity index (χ1v) is 6.84. The Hall–Kier alpha value is -1.06. The van der Waals surface area contributed by atoms with Crippen LogP contribution in [-0.4, -0.2) is 24.3 Å². The van der Waals surface area contributed by atoms with Crippen LogP contribution < -0.4 is 10.6 Å². The summed E-state index contributed by atoms with van der Waals surface area (Å²) < 4.78 is 0. The van der Waals surface area contributed by atoms with Gasteiger partial charge in [0.2, 0.25) is 0 Å². The summed E-state index contributed by atoms with van der Waals surface area (Å²) in [5.74, 6) is 0. The van der Waals surface area contributed by atoms with E-state index in [1.165, 1.54) is 17.7 Å². The Kier molecular flexibility index (Phi) is 4.25. The Morgan fingerprint density at radius 3 is 2.72 bits per heavy atom. The van der Waals surface area contributed by atoms with E-state index in [2.05, 4.69) is 31.0 Å². The Labute approximate surface area is 110 Å². The summed E-state index contributed by atoms with van der Waals surface area (Å²) in [6.07, 6.45) is 4.11. The Morgan fingerprint density at radius 1 is 1.33 bits per heavy atom. The standard InChI is InChI=1S/C15H24N2O/c1-11-6-5-7-12(10-16)15(11)17(2)13-8-3-4-9-14(13)18/h5-7,13-14,18H,3-4,8-10,16H2,1-2H3. The van der Waals surface area contributed by atoms with E-state index in [0.29, 0.717) is 6.54 Å². The molecule has 100 valence electrons. The normalized spacial score (nSPS) is 24.0. The lowest BCUT2D eigenvalue weighted by Crippen LogP contribution is -2.44. The summed E-state index contributed by atoms with van der Waals surface area (Å²) in [5, 5.41) is 10.2. The van der Waals surface area contributed by atoms with Gasteiger partial charge in [0.1, 0.15) is 0 Å². The Balaban J connectivity index is 2.29. The maximum Gasteiger partial charge on any atom is 0.0743 e. The van der Waals surface area contributed by atoms with Crippen LogP contribution in [0, 0.1) is 6.92 Å². The third-order valence-corrected chi connectivity index (χ3v) is 4.09. The van der Waals surface area contributed by atoms with Crippen molar-refractivity contribution >= 4 is 5.69 Å². The lowest BCUT2D eigenvalue weighted by atomic mass is 9.90. The minimum Gasteiger partial charge on any atom is -0.391 e. The van der Waals surface area contributed by atoms with E-state index >= 15 is 0 Å². The summed E-state index contributed by atoms with van der Waals surface area (Å²) in [6, 6.07) is 6.46. The molecule has 3 heteroatoms. The fourth-order valence-corrected chi connectivity index (χ4v) is 3.10. The van der Waals surface area contributed by atoms with Gasteiger partial charge in [-0.15, -0.1) is 0 Å². The molecule has 0 radical (unpaired) electrons.